The molecule has 0 amide bonds. The molecular weight excluding hydrogens is 321 g/mol. The van der Waals surface area contributed by atoms with E-state index >= 15 is 0 Å². The molecule has 0 heterocycles. The quantitative estimate of drug-likeness (QED) is 0.665. The number of carboxylic acids is 1. The second-order valence-electron chi connectivity index (χ2n) is 6.13. The SMILES string of the molecule is CCC1C=CC=CC1NC1=C(C(=N)C(=O)O)CC(C(F)(F)F)CC1. The van der Waals surface area contributed by atoms with E-state index in [2.05, 4.69) is 5.32 Å². The zero-order valence-electron chi connectivity index (χ0n) is 13.4. The van der Waals surface area contributed by atoms with Crippen molar-refractivity contribution in [3.63, 3.8) is 0 Å². The van der Waals surface area contributed by atoms with Crippen LogP contribution in [-0.4, -0.2) is 29.0 Å². The van der Waals surface area contributed by atoms with Crippen molar-refractivity contribution in [3.05, 3.63) is 35.6 Å². The van der Waals surface area contributed by atoms with Crippen molar-refractivity contribution in [2.75, 3.05) is 0 Å². The van der Waals surface area contributed by atoms with Crippen molar-refractivity contribution < 1.29 is 23.1 Å². The molecule has 4 nitrogen and oxygen atoms in total. The molecule has 2 rings (SSSR count). The number of allylic oxidation sites excluding steroid dienone is 3. The van der Waals surface area contributed by atoms with Crippen molar-refractivity contribution in [2.45, 2.75) is 44.8 Å². The number of nitrogens with one attached hydrogen (secondary N) is 2. The summed E-state index contributed by atoms with van der Waals surface area (Å²) in [7, 11) is 0. The first-order valence-electron chi connectivity index (χ1n) is 7.96. The maximum atomic E-state index is 13.0. The third-order valence-electron chi connectivity index (χ3n) is 4.60. The molecule has 0 radical (unpaired) electrons. The Balaban J connectivity index is 2.28. The van der Waals surface area contributed by atoms with Crippen LogP contribution in [0.25, 0.3) is 0 Å². The summed E-state index contributed by atoms with van der Waals surface area (Å²) in [5.41, 5.74) is -0.338. The number of carboxylic acid groups (broad SMARTS) is 1. The monoisotopic (exact) mass is 342 g/mol. The number of alkyl halides is 3. The van der Waals surface area contributed by atoms with Gasteiger partial charge in [0.05, 0.1) is 12.0 Å². The molecule has 0 spiro atoms. The van der Waals surface area contributed by atoms with Gasteiger partial charge in [-0.3, -0.25) is 5.41 Å². The van der Waals surface area contributed by atoms with E-state index in [1.165, 1.54) is 0 Å². The Kier molecular flexibility index (Phi) is 5.51. The summed E-state index contributed by atoms with van der Waals surface area (Å²) in [5, 5.41) is 19.9. The Morgan fingerprint density at radius 3 is 2.62 bits per heavy atom. The Bertz CT molecular complexity index is 605. The van der Waals surface area contributed by atoms with Crippen LogP contribution in [0.4, 0.5) is 13.2 Å². The minimum atomic E-state index is -4.38. The second kappa shape index (κ2) is 7.23. The molecule has 2 aliphatic carbocycles. The molecule has 0 aromatic carbocycles. The van der Waals surface area contributed by atoms with Crippen LogP contribution in [-0.2, 0) is 4.79 Å². The third-order valence-corrected chi connectivity index (χ3v) is 4.60. The minimum Gasteiger partial charge on any atom is -0.477 e. The smallest absolute Gasteiger partial charge is 0.392 e. The van der Waals surface area contributed by atoms with Gasteiger partial charge in [0, 0.05) is 17.2 Å². The standard InChI is InChI=1S/C17H21F3N2O2/c1-2-10-5-3-4-6-13(10)22-14-8-7-11(17(18,19)20)9-12(14)15(21)16(23)24/h3-6,10-11,13,21-22H,2,7-9H2,1H3,(H,23,24). The van der Waals surface area contributed by atoms with Gasteiger partial charge < -0.3 is 10.4 Å². The third kappa shape index (κ3) is 4.07. The fourth-order valence-corrected chi connectivity index (χ4v) is 3.16. The van der Waals surface area contributed by atoms with Gasteiger partial charge in [-0.1, -0.05) is 31.2 Å². The molecule has 0 aromatic rings. The van der Waals surface area contributed by atoms with E-state index in [1.807, 2.05) is 31.2 Å². The van der Waals surface area contributed by atoms with Gasteiger partial charge in [-0.05, 0) is 25.7 Å². The average molecular weight is 342 g/mol. The first-order valence-corrected chi connectivity index (χ1v) is 7.96. The molecule has 3 unspecified atom stereocenters. The molecular formula is C17H21F3N2O2. The maximum absolute atomic E-state index is 13.0. The molecule has 3 atom stereocenters. The normalized spacial score (nSPS) is 27.2. The maximum Gasteiger partial charge on any atom is 0.392 e. The van der Waals surface area contributed by atoms with E-state index < -0.39 is 30.2 Å². The lowest BCUT2D eigenvalue weighted by atomic mass is 9.83. The largest absolute Gasteiger partial charge is 0.477 e. The molecule has 0 bridgehead atoms. The van der Waals surface area contributed by atoms with Crippen LogP contribution in [0.3, 0.4) is 0 Å². The van der Waals surface area contributed by atoms with Gasteiger partial charge in [0.15, 0.2) is 0 Å². The van der Waals surface area contributed by atoms with Gasteiger partial charge in [-0.15, -0.1) is 0 Å². The molecule has 0 saturated carbocycles. The van der Waals surface area contributed by atoms with Gasteiger partial charge >= 0.3 is 12.1 Å². The lowest BCUT2D eigenvalue weighted by molar-refractivity contribution is -0.176. The van der Waals surface area contributed by atoms with Crippen LogP contribution in [0.15, 0.2) is 35.6 Å². The van der Waals surface area contributed by atoms with Gasteiger partial charge in [0.2, 0.25) is 0 Å². The topological polar surface area (TPSA) is 73.2 Å². The van der Waals surface area contributed by atoms with Crippen molar-refractivity contribution in [3.8, 4) is 0 Å². The summed E-state index contributed by atoms with van der Waals surface area (Å²) in [6, 6.07) is -0.103. The first kappa shape index (κ1) is 18.3. The van der Waals surface area contributed by atoms with Crippen molar-refractivity contribution in [1.29, 1.82) is 5.41 Å². The number of hydrogen-bond acceptors (Lipinski definition) is 3. The molecule has 0 aliphatic heterocycles. The number of carbonyl (C=O) groups is 1. The minimum absolute atomic E-state index is 0.0334. The van der Waals surface area contributed by atoms with Crippen LogP contribution in [0.5, 0.6) is 0 Å². The Morgan fingerprint density at radius 1 is 1.38 bits per heavy atom. The Labute approximate surface area is 138 Å². The summed E-state index contributed by atoms with van der Waals surface area (Å²) in [5.74, 6) is -2.91. The molecule has 0 saturated heterocycles. The highest BCUT2D eigenvalue weighted by Gasteiger charge is 2.43. The Morgan fingerprint density at radius 2 is 2.04 bits per heavy atom. The predicted octanol–water partition coefficient (Wildman–Crippen LogP) is 3.82. The molecule has 132 valence electrons. The second-order valence-corrected chi connectivity index (χ2v) is 6.13. The number of hydrogen-bond donors (Lipinski definition) is 3. The van der Waals surface area contributed by atoms with Crippen molar-refractivity contribution >= 4 is 11.7 Å². The van der Waals surface area contributed by atoms with Crippen LogP contribution in [0.2, 0.25) is 0 Å². The first-order chi connectivity index (χ1) is 11.2. The number of rotatable bonds is 5. The van der Waals surface area contributed by atoms with E-state index in [9.17, 15) is 18.0 Å². The molecule has 0 fully saturated rings. The molecule has 7 heteroatoms. The lowest BCUT2D eigenvalue weighted by Crippen LogP contribution is -2.39. The summed E-state index contributed by atoms with van der Waals surface area (Å²) in [6.07, 6.45) is 3.72. The van der Waals surface area contributed by atoms with Gasteiger partial charge in [0.1, 0.15) is 5.71 Å². The van der Waals surface area contributed by atoms with Crippen molar-refractivity contribution in [2.24, 2.45) is 11.8 Å². The van der Waals surface area contributed by atoms with Gasteiger partial charge in [-0.25, -0.2) is 4.79 Å². The molecule has 3 N–H and O–H groups in total. The van der Waals surface area contributed by atoms with E-state index in [0.29, 0.717) is 5.70 Å². The van der Waals surface area contributed by atoms with E-state index in [4.69, 9.17) is 10.5 Å². The number of halogens is 3. The summed E-state index contributed by atoms with van der Waals surface area (Å²) >= 11 is 0. The van der Waals surface area contributed by atoms with Crippen molar-refractivity contribution in [1.82, 2.24) is 5.32 Å². The fraction of sp³-hybridized carbons (Fsp3) is 0.529. The molecule has 2 aliphatic rings. The zero-order chi connectivity index (χ0) is 17.9. The highest BCUT2D eigenvalue weighted by Crippen LogP contribution is 2.40. The summed E-state index contributed by atoms with van der Waals surface area (Å²) in [6.45, 7) is 2.01. The fourth-order valence-electron chi connectivity index (χ4n) is 3.16. The van der Waals surface area contributed by atoms with E-state index in [0.717, 1.165) is 6.42 Å². The molecule has 24 heavy (non-hydrogen) atoms. The zero-order valence-corrected chi connectivity index (χ0v) is 13.4. The van der Waals surface area contributed by atoms with Crippen LogP contribution in [0.1, 0.15) is 32.6 Å². The average Bonchev–Trinajstić information content (AvgIpc) is 2.54. The molecule has 0 aromatic heterocycles. The summed E-state index contributed by atoms with van der Waals surface area (Å²) < 4.78 is 39.0. The lowest BCUT2D eigenvalue weighted by Gasteiger charge is -2.33. The van der Waals surface area contributed by atoms with Crippen LogP contribution in [0, 0.1) is 17.2 Å². The highest BCUT2D eigenvalue weighted by atomic mass is 19.4. The van der Waals surface area contributed by atoms with Crippen LogP contribution < -0.4 is 5.32 Å². The van der Waals surface area contributed by atoms with E-state index in [-0.39, 0.29) is 30.4 Å². The van der Waals surface area contributed by atoms with Gasteiger partial charge in [-0.2, -0.15) is 13.2 Å². The highest BCUT2D eigenvalue weighted by molar-refractivity contribution is 6.41. The summed E-state index contributed by atoms with van der Waals surface area (Å²) in [4.78, 5) is 11.1. The van der Waals surface area contributed by atoms with Gasteiger partial charge in [0.25, 0.3) is 0 Å². The Hall–Kier alpha value is -2.05. The predicted molar refractivity (Wildman–Crippen MR) is 84.8 cm³/mol. The number of aliphatic carboxylic acids is 1. The van der Waals surface area contributed by atoms with Crippen LogP contribution >= 0.6 is 0 Å². The van der Waals surface area contributed by atoms with E-state index in [1.54, 1.807) is 0 Å².